The Morgan fingerprint density at radius 3 is 2.17 bits per heavy atom. The third-order valence-electron chi connectivity index (χ3n) is 2.56. The van der Waals surface area contributed by atoms with E-state index < -0.39 is 17.4 Å². The molecule has 0 fully saturated rings. The van der Waals surface area contributed by atoms with Gasteiger partial charge in [-0.2, -0.15) is 0 Å². The zero-order chi connectivity index (χ0) is 13.3. The highest BCUT2D eigenvalue weighted by Crippen LogP contribution is 2.31. The maximum absolute atomic E-state index is 13.6. The Morgan fingerprint density at radius 1 is 1.00 bits per heavy atom. The summed E-state index contributed by atoms with van der Waals surface area (Å²) in [6.07, 6.45) is 0. The molecular weight excluding hydrogens is 236 g/mol. The predicted octanol–water partition coefficient (Wildman–Crippen LogP) is 3.96. The lowest BCUT2D eigenvalue weighted by molar-refractivity contribution is 0.406. The minimum atomic E-state index is -0.813. The standard InChI is InChI=1S/C14H13F2NO/c1-8-3-4-13(9(2)5-8)18-14-11(15)6-10(17)7-12(14)16/h3-7H,17H2,1-2H3. The number of benzene rings is 2. The van der Waals surface area contributed by atoms with Gasteiger partial charge in [0.15, 0.2) is 17.4 Å². The molecule has 0 aliphatic carbocycles. The number of hydrogen-bond donors (Lipinski definition) is 1. The van der Waals surface area contributed by atoms with E-state index in [2.05, 4.69) is 0 Å². The molecule has 0 aliphatic rings. The fraction of sp³-hybridized carbons (Fsp3) is 0.143. The van der Waals surface area contributed by atoms with Crippen molar-refractivity contribution in [3.05, 3.63) is 53.1 Å². The Balaban J connectivity index is 2.40. The Kier molecular flexibility index (Phi) is 3.19. The first-order valence-electron chi connectivity index (χ1n) is 5.47. The lowest BCUT2D eigenvalue weighted by Crippen LogP contribution is -1.97. The molecular formula is C14H13F2NO. The van der Waals surface area contributed by atoms with Crippen LogP contribution >= 0.6 is 0 Å². The monoisotopic (exact) mass is 249 g/mol. The van der Waals surface area contributed by atoms with Crippen LogP contribution in [0.1, 0.15) is 11.1 Å². The average Bonchev–Trinajstić information content (AvgIpc) is 2.25. The zero-order valence-electron chi connectivity index (χ0n) is 10.1. The summed E-state index contributed by atoms with van der Waals surface area (Å²) in [5.41, 5.74) is 7.23. The van der Waals surface area contributed by atoms with Gasteiger partial charge >= 0.3 is 0 Å². The SMILES string of the molecule is Cc1ccc(Oc2c(F)cc(N)cc2F)c(C)c1. The van der Waals surface area contributed by atoms with E-state index >= 15 is 0 Å². The van der Waals surface area contributed by atoms with E-state index in [1.54, 1.807) is 6.07 Å². The van der Waals surface area contributed by atoms with Gasteiger partial charge in [-0.3, -0.25) is 0 Å². The lowest BCUT2D eigenvalue weighted by atomic mass is 10.1. The van der Waals surface area contributed by atoms with E-state index in [0.717, 1.165) is 23.3 Å². The van der Waals surface area contributed by atoms with Crippen LogP contribution in [0.2, 0.25) is 0 Å². The van der Waals surface area contributed by atoms with Gasteiger partial charge in [-0.15, -0.1) is 0 Å². The van der Waals surface area contributed by atoms with E-state index in [0.29, 0.717) is 5.75 Å². The molecule has 0 unspecified atom stereocenters. The van der Waals surface area contributed by atoms with Crippen LogP contribution in [0, 0.1) is 25.5 Å². The maximum Gasteiger partial charge on any atom is 0.198 e. The van der Waals surface area contributed by atoms with Crippen molar-refractivity contribution in [3.8, 4) is 11.5 Å². The fourth-order valence-electron chi connectivity index (χ4n) is 1.70. The molecule has 2 rings (SSSR count). The summed E-state index contributed by atoms with van der Waals surface area (Å²) in [4.78, 5) is 0. The molecule has 0 aliphatic heterocycles. The summed E-state index contributed by atoms with van der Waals surface area (Å²) in [5, 5.41) is 0. The van der Waals surface area contributed by atoms with Gasteiger partial charge in [0.1, 0.15) is 5.75 Å². The lowest BCUT2D eigenvalue weighted by Gasteiger charge is -2.11. The Morgan fingerprint density at radius 2 is 1.61 bits per heavy atom. The molecule has 0 aromatic heterocycles. The highest BCUT2D eigenvalue weighted by atomic mass is 19.1. The summed E-state index contributed by atoms with van der Waals surface area (Å²) in [5.74, 6) is -1.64. The van der Waals surface area contributed by atoms with Crippen molar-refractivity contribution in [3.63, 3.8) is 0 Å². The van der Waals surface area contributed by atoms with Crippen LogP contribution in [0.25, 0.3) is 0 Å². The van der Waals surface area contributed by atoms with Crippen LogP contribution in [-0.2, 0) is 0 Å². The first kappa shape index (κ1) is 12.4. The molecule has 0 saturated heterocycles. The second kappa shape index (κ2) is 4.64. The van der Waals surface area contributed by atoms with Crippen molar-refractivity contribution in [1.29, 1.82) is 0 Å². The molecule has 2 aromatic rings. The second-order valence-electron chi connectivity index (χ2n) is 4.18. The molecule has 0 amide bonds. The normalized spacial score (nSPS) is 10.4. The number of ether oxygens (including phenoxy) is 1. The van der Waals surface area contributed by atoms with Gasteiger partial charge in [0.2, 0.25) is 0 Å². The maximum atomic E-state index is 13.6. The number of halogens is 2. The van der Waals surface area contributed by atoms with Crippen molar-refractivity contribution in [2.45, 2.75) is 13.8 Å². The number of aryl methyl sites for hydroxylation is 2. The van der Waals surface area contributed by atoms with E-state index in [4.69, 9.17) is 10.5 Å². The van der Waals surface area contributed by atoms with Crippen LogP contribution in [0.5, 0.6) is 11.5 Å². The number of hydrogen-bond acceptors (Lipinski definition) is 2. The number of nitrogen functional groups attached to an aromatic ring is 1. The first-order valence-corrected chi connectivity index (χ1v) is 5.47. The topological polar surface area (TPSA) is 35.2 Å². The molecule has 0 radical (unpaired) electrons. The summed E-state index contributed by atoms with van der Waals surface area (Å²) >= 11 is 0. The van der Waals surface area contributed by atoms with E-state index in [9.17, 15) is 8.78 Å². The van der Waals surface area contributed by atoms with Crippen molar-refractivity contribution in [2.75, 3.05) is 5.73 Å². The first-order chi connectivity index (χ1) is 8.47. The van der Waals surface area contributed by atoms with Crippen LogP contribution in [0.15, 0.2) is 30.3 Å². The van der Waals surface area contributed by atoms with E-state index in [-0.39, 0.29) is 5.69 Å². The minimum Gasteiger partial charge on any atom is -0.451 e. The Bertz CT molecular complexity index is 573. The quantitative estimate of drug-likeness (QED) is 0.818. The zero-order valence-corrected chi connectivity index (χ0v) is 10.1. The van der Waals surface area contributed by atoms with Gasteiger partial charge in [-0.05, 0) is 25.5 Å². The molecule has 94 valence electrons. The third-order valence-corrected chi connectivity index (χ3v) is 2.56. The molecule has 0 spiro atoms. The van der Waals surface area contributed by atoms with Crippen molar-refractivity contribution in [1.82, 2.24) is 0 Å². The van der Waals surface area contributed by atoms with E-state index in [1.807, 2.05) is 26.0 Å². The van der Waals surface area contributed by atoms with Crippen molar-refractivity contribution < 1.29 is 13.5 Å². The Hall–Kier alpha value is -2.10. The minimum absolute atomic E-state index is 0.0259. The number of rotatable bonds is 2. The van der Waals surface area contributed by atoms with Gasteiger partial charge in [0.25, 0.3) is 0 Å². The highest BCUT2D eigenvalue weighted by Gasteiger charge is 2.13. The van der Waals surface area contributed by atoms with Crippen molar-refractivity contribution >= 4 is 5.69 Å². The van der Waals surface area contributed by atoms with Crippen molar-refractivity contribution in [2.24, 2.45) is 0 Å². The van der Waals surface area contributed by atoms with Gasteiger partial charge in [0, 0.05) is 17.8 Å². The van der Waals surface area contributed by atoms with Crippen LogP contribution in [0.4, 0.5) is 14.5 Å². The molecule has 0 atom stereocenters. The van der Waals surface area contributed by atoms with Crippen LogP contribution in [-0.4, -0.2) is 0 Å². The smallest absolute Gasteiger partial charge is 0.198 e. The number of nitrogens with two attached hydrogens (primary N) is 1. The molecule has 2 aromatic carbocycles. The van der Waals surface area contributed by atoms with Crippen LogP contribution in [0.3, 0.4) is 0 Å². The molecule has 2 nitrogen and oxygen atoms in total. The van der Waals surface area contributed by atoms with Gasteiger partial charge in [0.05, 0.1) is 0 Å². The fourth-order valence-corrected chi connectivity index (χ4v) is 1.70. The number of anilines is 1. The van der Waals surface area contributed by atoms with Gasteiger partial charge < -0.3 is 10.5 Å². The summed E-state index contributed by atoms with van der Waals surface area (Å²) in [6, 6.07) is 7.43. The summed E-state index contributed by atoms with van der Waals surface area (Å²) in [7, 11) is 0. The van der Waals surface area contributed by atoms with Crippen LogP contribution < -0.4 is 10.5 Å². The largest absolute Gasteiger partial charge is 0.451 e. The second-order valence-corrected chi connectivity index (χ2v) is 4.18. The Labute approximate surface area is 104 Å². The molecule has 0 saturated carbocycles. The average molecular weight is 249 g/mol. The summed E-state index contributed by atoms with van der Waals surface area (Å²) < 4.78 is 32.4. The van der Waals surface area contributed by atoms with E-state index in [1.165, 1.54) is 0 Å². The third kappa shape index (κ3) is 2.42. The molecule has 0 heterocycles. The summed E-state index contributed by atoms with van der Waals surface area (Å²) in [6.45, 7) is 3.75. The predicted molar refractivity (Wildman–Crippen MR) is 66.8 cm³/mol. The molecule has 4 heteroatoms. The molecule has 0 bridgehead atoms. The molecule has 18 heavy (non-hydrogen) atoms. The molecule has 2 N–H and O–H groups in total. The van der Waals surface area contributed by atoms with Gasteiger partial charge in [-0.25, -0.2) is 8.78 Å². The highest BCUT2D eigenvalue weighted by molar-refractivity contribution is 5.46. The van der Waals surface area contributed by atoms with Gasteiger partial charge in [-0.1, -0.05) is 17.7 Å².